The SMILES string of the molecule is Cc1ncc(C(=O)O)c(NCC(=O)NCC(C)C)n1. The van der Waals surface area contributed by atoms with Gasteiger partial charge in [0, 0.05) is 12.7 Å². The van der Waals surface area contributed by atoms with E-state index in [1.807, 2.05) is 13.8 Å². The average molecular weight is 266 g/mol. The van der Waals surface area contributed by atoms with Gasteiger partial charge < -0.3 is 15.7 Å². The number of nitrogens with one attached hydrogen (secondary N) is 2. The van der Waals surface area contributed by atoms with E-state index in [1.54, 1.807) is 6.92 Å². The molecule has 0 aliphatic heterocycles. The van der Waals surface area contributed by atoms with Gasteiger partial charge in [0.25, 0.3) is 0 Å². The molecule has 0 aliphatic carbocycles. The molecule has 0 spiro atoms. The zero-order chi connectivity index (χ0) is 14.4. The maximum absolute atomic E-state index is 11.5. The fourth-order valence-corrected chi connectivity index (χ4v) is 1.31. The van der Waals surface area contributed by atoms with Gasteiger partial charge in [0.05, 0.1) is 6.54 Å². The molecular formula is C12H18N4O3. The van der Waals surface area contributed by atoms with E-state index in [9.17, 15) is 9.59 Å². The van der Waals surface area contributed by atoms with Crippen LogP contribution in [0.3, 0.4) is 0 Å². The third-order valence-corrected chi connectivity index (χ3v) is 2.26. The molecule has 0 atom stereocenters. The molecular weight excluding hydrogens is 248 g/mol. The Kier molecular flexibility index (Phi) is 5.23. The molecule has 0 unspecified atom stereocenters. The van der Waals surface area contributed by atoms with Crippen molar-refractivity contribution >= 4 is 17.7 Å². The van der Waals surface area contributed by atoms with Crippen molar-refractivity contribution in [3.8, 4) is 0 Å². The first-order chi connectivity index (χ1) is 8.90. The van der Waals surface area contributed by atoms with Gasteiger partial charge in [-0.2, -0.15) is 0 Å². The number of anilines is 1. The number of carbonyl (C=O) groups excluding carboxylic acids is 1. The number of nitrogens with zero attached hydrogens (tertiary/aromatic N) is 2. The molecule has 0 bridgehead atoms. The minimum Gasteiger partial charge on any atom is -0.477 e. The molecule has 0 saturated carbocycles. The summed E-state index contributed by atoms with van der Waals surface area (Å²) in [5.41, 5.74) is -0.0535. The van der Waals surface area contributed by atoms with Crippen molar-refractivity contribution < 1.29 is 14.7 Å². The molecule has 1 amide bonds. The zero-order valence-corrected chi connectivity index (χ0v) is 11.2. The number of aryl methyl sites for hydroxylation is 1. The third-order valence-electron chi connectivity index (χ3n) is 2.26. The highest BCUT2D eigenvalue weighted by atomic mass is 16.4. The fraction of sp³-hybridized carbons (Fsp3) is 0.500. The van der Waals surface area contributed by atoms with E-state index < -0.39 is 5.97 Å². The van der Waals surface area contributed by atoms with E-state index in [0.29, 0.717) is 18.3 Å². The van der Waals surface area contributed by atoms with Crippen molar-refractivity contribution in [2.75, 3.05) is 18.4 Å². The zero-order valence-electron chi connectivity index (χ0n) is 11.2. The number of rotatable bonds is 6. The van der Waals surface area contributed by atoms with Gasteiger partial charge in [-0.05, 0) is 12.8 Å². The van der Waals surface area contributed by atoms with Crippen LogP contribution in [0.25, 0.3) is 0 Å². The summed E-state index contributed by atoms with van der Waals surface area (Å²) in [6.45, 7) is 6.18. The van der Waals surface area contributed by atoms with Gasteiger partial charge in [0.2, 0.25) is 5.91 Å². The number of carboxylic acid groups (broad SMARTS) is 1. The van der Waals surface area contributed by atoms with Crippen LogP contribution >= 0.6 is 0 Å². The first-order valence-electron chi connectivity index (χ1n) is 5.97. The largest absolute Gasteiger partial charge is 0.477 e. The number of aromatic carboxylic acids is 1. The number of hydrogen-bond acceptors (Lipinski definition) is 5. The maximum Gasteiger partial charge on any atom is 0.341 e. The topological polar surface area (TPSA) is 104 Å². The number of aromatic nitrogens is 2. The Balaban J connectivity index is 2.64. The molecule has 7 nitrogen and oxygen atoms in total. The Labute approximate surface area is 111 Å². The van der Waals surface area contributed by atoms with Crippen LogP contribution < -0.4 is 10.6 Å². The lowest BCUT2D eigenvalue weighted by Crippen LogP contribution is -2.33. The predicted molar refractivity (Wildman–Crippen MR) is 70.1 cm³/mol. The van der Waals surface area contributed by atoms with Crippen molar-refractivity contribution in [2.24, 2.45) is 5.92 Å². The normalized spacial score (nSPS) is 10.3. The van der Waals surface area contributed by atoms with E-state index in [-0.39, 0.29) is 23.8 Å². The number of hydrogen-bond donors (Lipinski definition) is 3. The number of carbonyl (C=O) groups is 2. The molecule has 0 radical (unpaired) electrons. The van der Waals surface area contributed by atoms with Gasteiger partial charge >= 0.3 is 5.97 Å². The lowest BCUT2D eigenvalue weighted by molar-refractivity contribution is -0.119. The predicted octanol–water partition coefficient (Wildman–Crippen LogP) is 0.667. The molecule has 0 aromatic carbocycles. The summed E-state index contributed by atoms with van der Waals surface area (Å²) in [5.74, 6) is -0.388. The summed E-state index contributed by atoms with van der Waals surface area (Å²) in [5, 5.41) is 14.4. The van der Waals surface area contributed by atoms with Gasteiger partial charge in [-0.3, -0.25) is 4.79 Å². The first-order valence-corrected chi connectivity index (χ1v) is 5.97. The second-order valence-electron chi connectivity index (χ2n) is 4.54. The number of carboxylic acids is 1. The Morgan fingerprint density at radius 3 is 2.68 bits per heavy atom. The monoisotopic (exact) mass is 266 g/mol. The first kappa shape index (κ1) is 14.9. The molecule has 104 valence electrons. The van der Waals surface area contributed by atoms with Crippen molar-refractivity contribution in [2.45, 2.75) is 20.8 Å². The summed E-state index contributed by atoms with van der Waals surface area (Å²) in [4.78, 5) is 30.3. The summed E-state index contributed by atoms with van der Waals surface area (Å²) in [6, 6.07) is 0. The Morgan fingerprint density at radius 1 is 1.42 bits per heavy atom. The van der Waals surface area contributed by atoms with Crippen LogP contribution in [0.5, 0.6) is 0 Å². The standard InChI is InChI=1S/C12H18N4O3/c1-7(2)4-14-10(17)6-15-11-9(12(18)19)5-13-8(3)16-11/h5,7H,4,6H2,1-3H3,(H,14,17)(H,18,19)(H,13,15,16). The van der Waals surface area contributed by atoms with E-state index in [1.165, 1.54) is 6.20 Å². The van der Waals surface area contributed by atoms with Crippen molar-refractivity contribution in [3.05, 3.63) is 17.6 Å². The van der Waals surface area contributed by atoms with Crippen LogP contribution in [0.2, 0.25) is 0 Å². The van der Waals surface area contributed by atoms with Gasteiger partial charge in [-0.15, -0.1) is 0 Å². The van der Waals surface area contributed by atoms with Gasteiger partial charge in [-0.25, -0.2) is 14.8 Å². The summed E-state index contributed by atoms with van der Waals surface area (Å²) in [7, 11) is 0. The molecule has 1 aromatic heterocycles. The summed E-state index contributed by atoms with van der Waals surface area (Å²) < 4.78 is 0. The maximum atomic E-state index is 11.5. The molecule has 19 heavy (non-hydrogen) atoms. The van der Waals surface area contributed by atoms with Gasteiger partial charge in [-0.1, -0.05) is 13.8 Å². The second-order valence-corrected chi connectivity index (χ2v) is 4.54. The highest BCUT2D eigenvalue weighted by molar-refractivity contribution is 5.93. The highest BCUT2D eigenvalue weighted by Gasteiger charge is 2.13. The second kappa shape index (κ2) is 6.67. The molecule has 3 N–H and O–H groups in total. The summed E-state index contributed by atoms with van der Waals surface area (Å²) in [6.07, 6.45) is 1.22. The third kappa shape index (κ3) is 4.90. The molecule has 0 saturated heterocycles. The average Bonchev–Trinajstić information content (AvgIpc) is 2.33. The van der Waals surface area contributed by atoms with Crippen molar-refractivity contribution in [1.29, 1.82) is 0 Å². The minimum atomic E-state index is -1.13. The van der Waals surface area contributed by atoms with Gasteiger partial charge in [0.1, 0.15) is 17.2 Å². The van der Waals surface area contributed by atoms with Crippen LogP contribution in [0.4, 0.5) is 5.82 Å². The Hall–Kier alpha value is -2.18. The quantitative estimate of drug-likeness (QED) is 0.699. The molecule has 7 heteroatoms. The number of amides is 1. The van der Waals surface area contributed by atoms with Crippen LogP contribution in [0.15, 0.2) is 6.20 Å². The van der Waals surface area contributed by atoms with Crippen molar-refractivity contribution in [3.63, 3.8) is 0 Å². The summed E-state index contributed by atoms with van der Waals surface area (Å²) >= 11 is 0. The molecule has 0 fully saturated rings. The lowest BCUT2D eigenvalue weighted by Gasteiger charge is -2.10. The van der Waals surface area contributed by atoms with Crippen LogP contribution in [0.1, 0.15) is 30.0 Å². The molecule has 1 heterocycles. The minimum absolute atomic E-state index is 0.0244. The Bertz CT molecular complexity index is 474. The van der Waals surface area contributed by atoms with E-state index >= 15 is 0 Å². The van der Waals surface area contributed by atoms with Crippen LogP contribution in [0, 0.1) is 12.8 Å². The molecule has 0 aliphatic rings. The van der Waals surface area contributed by atoms with Crippen LogP contribution in [-0.2, 0) is 4.79 Å². The van der Waals surface area contributed by atoms with E-state index in [0.717, 1.165) is 0 Å². The fourth-order valence-electron chi connectivity index (χ4n) is 1.31. The molecule has 1 aromatic rings. The Morgan fingerprint density at radius 2 is 2.11 bits per heavy atom. The smallest absolute Gasteiger partial charge is 0.341 e. The van der Waals surface area contributed by atoms with E-state index in [4.69, 9.17) is 5.11 Å². The van der Waals surface area contributed by atoms with Gasteiger partial charge in [0.15, 0.2) is 0 Å². The molecule has 1 rings (SSSR count). The van der Waals surface area contributed by atoms with Crippen molar-refractivity contribution in [1.82, 2.24) is 15.3 Å². The van der Waals surface area contributed by atoms with Crippen LogP contribution in [-0.4, -0.2) is 40.0 Å². The highest BCUT2D eigenvalue weighted by Crippen LogP contribution is 2.10. The van der Waals surface area contributed by atoms with E-state index in [2.05, 4.69) is 20.6 Å². The lowest BCUT2D eigenvalue weighted by atomic mass is 10.2.